The highest BCUT2D eigenvalue weighted by Gasteiger charge is 2.25. The summed E-state index contributed by atoms with van der Waals surface area (Å²) < 4.78 is 0. The summed E-state index contributed by atoms with van der Waals surface area (Å²) in [6.07, 6.45) is 0. The molecule has 1 N–H and O–H groups in total. The number of nitro benzene ring substituents is 2. The van der Waals surface area contributed by atoms with Gasteiger partial charge < -0.3 is 0 Å². The highest BCUT2D eigenvalue weighted by Crippen LogP contribution is 2.29. The number of benzene rings is 2. The molecule has 30 heavy (non-hydrogen) atoms. The van der Waals surface area contributed by atoms with Crippen LogP contribution >= 0.6 is 23.1 Å². The lowest BCUT2D eigenvalue weighted by Gasteiger charge is -2.06. The fourth-order valence-electron chi connectivity index (χ4n) is 2.57. The Labute approximate surface area is 178 Å². The molecule has 154 valence electrons. The van der Waals surface area contributed by atoms with E-state index in [4.69, 9.17) is 0 Å². The highest BCUT2D eigenvalue weighted by molar-refractivity contribution is 7.97. The molecule has 0 saturated carbocycles. The number of rotatable bonds is 8. The van der Waals surface area contributed by atoms with Crippen LogP contribution in [-0.4, -0.2) is 26.0 Å². The predicted molar refractivity (Wildman–Crippen MR) is 114 cm³/mol. The van der Waals surface area contributed by atoms with Gasteiger partial charge >= 0.3 is 0 Å². The zero-order valence-electron chi connectivity index (χ0n) is 15.6. The highest BCUT2D eigenvalue weighted by atomic mass is 32.2. The molecule has 1 heterocycles. The summed E-state index contributed by atoms with van der Waals surface area (Å²) in [5, 5.41) is 33.6. The monoisotopic (exact) mass is 445 g/mol. The van der Waals surface area contributed by atoms with E-state index in [1.807, 2.05) is 30.3 Å². The Morgan fingerprint density at radius 3 is 2.50 bits per heavy atom. The molecule has 10 nitrogen and oxygen atoms in total. The lowest BCUT2D eigenvalue weighted by Crippen LogP contribution is -2.14. The van der Waals surface area contributed by atoms with Gasteiger partial charge in [0.1, 0.15) is 5.01 Å². The first-order chi connectivity index (χ1) is 14.3. The van der Waals surface area contributed by atoms with E-state index in [2.05, 4.69) is 15.5 Å². The summed E-state index contributed by atoms with van der Waals surface area (Å²) in [4.78, 5) is 33.3. The van der Waals surface area contributed by atoms with Crippen molar-refractivity contribution in [1.29, 1.82) is 0 Å². The number of nitrogens with zero attached hydrogens (tertiary/aromatic N) is 4. The lowest BCUT2D eigenvalue weighted by molar-refractivity contribution is -0.394. The molecule has 0 saturated heterocycles. The molecular weight excluding hydrogens is 430 g/mol. The standard InChI is InChI=1S/C18H15N5O5S2/c1-11-14(7-13(22(25)26)8-15(11)23(27)28)17(24)19-18-21-20-16(30-18)10-29-9-12-5-3-2-4-6-12/h2-8H,9-10H2,1H3,(H,19,21,24). The van der Waals surface area contributed by atoms with Crippen LogP contribution in [0, 0.1) is 27.2 Å². The molecule has 0 aliphatic carbocycles. The quantitative estimate of drug-likeness (QED) is 0.398. The second kappa shape index (κ2) is 9.41. The molecule has 0 fully saturated rings. The van der Waals surface area contributed by atoms with Gasteiger partial charge in [-0.3, -0.25) is 30.3 Å². The number of hydrogen-bond acceptors (Lipinski definition) is 9. The van der Waals surface area contributed by atoms with Gasteiger partial charge in [0.05, 0.1) is 21.5 Å². The summed E-state index contributed by atoms with van der Waals surface area (Å²) in [5.41, 5.74) is 0.0259. The van der Waals surface area contributed by atoms with Crippen LogP contribution in [0.3, 0.4) is 0 Å². The Bertz CT molecular complexity index is 1100. The number of carbonyl (C=O) groups excluding carboxylic acids is 1. The minimum atomic E-state index is -0.782. The Morgan fingerprint density at radius 1 is 1.10 bits per heavy atom. The van der Waals surface area contributed by atoms with Crippen molar-refractivity contribution in [3.63, 3.8) is 0 Å². The van der Waals surface area contributed by atoms with E-state index in [0.717, 1.165) is 17.9 Å². The zero-order valence-corrected chi connectivity index (χ0v) is 17.2. The van der Waals surface area contributed by atoms with Gasteiger partial charge in [0.15, 0.2) is 0 Å². The molecule has 0 spiro atoms. The maximum absolute atomic E-state index is 12.6. The van der Waals surface area contributed by atoms with Crippen LogP contribution in [0.15, 0.2) is 42.5 Å². The number of carbonyl (C=O) groups is 1. The van der Waals surface area contributed by atoms with Gasteiger partial charge in [-0.2, -0.15) is 0 Å². The van der Waals surface area contributed by atoms with E-state index in [1.165, 1.54) is 23.8 Å². The molecule has 3 aromatic rings. The van der Waals surface area contributed by atoms with Crippen LogP contribution in [0.5, 0.6) is 0 Å². The molecule has 3 rings (SSSR count). The molecule has 0 unspecified atom stereocenters. The summed E-state index contributed by atoms with van der Waals surface area (Å²) >= 11 is 2.82. The third-order valence-corrected chi connectivity index (χ3v) is 6.08. The maximum Gasteiger partial charge on any atom is 0.279 e. The van der Waals surface area contributed by atoms with Gasteiger partial charge in [0, 0.05) is 23.1 Å². The molecule has 1 aromatic heterocycles. The normalized spacial score (nSPS) is 10.6. The lowest BCUT2D eigenvalue weighted by atomic mass is 10.0. The molecule has 0 aliphatic heterocycles. The Morgan fingerprint density at radius 2 is 1.83 bits per heavy atom. The van der Waals surface area contributed by atoms with Crippen molar-refractivity contribution in [1.82, 2.24) is 10.2 Å². The second-order valence-electron chi connectivity index (χ2n) is 6.09. The van der Waals surface area contributed by atoms with E-state index in [-0.39, 0.29) is 16.3 Å². The van der Waals surface area contributed by atoms with Crippen LogP contribution in [0.1, 0.15) is 26.5 Å². The third-order valence-electron chi connectivity index (χ3n) is 4.04. The maximum atomic E-state index is 12.6. The van der Waals surface area contributed by atoms with E-state index < -0.39 is 27.1 Å². The smallest absolute Gasteiger partial charge is 0.279 e. The number of nitro groups is 2. The van der Waals surface area contributed by atoms with E-state index in [9.17, 15) is 25.0 Å². The Hall–Kier alpha value is -3.38. The van der Waals surface area contributed by atoms with Crippen molar-refractivity contribution in [3.8, 4) is 0 Å². The largest absolute Gasteiger partial charge is 0.296 e. The summed E-state index contributed by atoms with van der Waals surface area (Å²) in [6, 6.07) is 11.8. The number of anilines is 1. The van der Waals surface area contributed by atoms with Gasteiger partial charge in [0.2, 0.25) is 5.13 Å². The van der Waals surface area contributed by atoms with Crippen LogP contribution in [-0.2, 0) is 11.5 Å². The van der Waals surface area contributed by atoms with Crippen molar-refractivity contribution < 1.29 is 14.6 Å². The minimum absolute atomic E-state index is 0.0336. The molecule has 0 bridgehead atoms. The summed E-state index contributed by atoms with van der Waals surface area (Å²) in [5.74, 6) is 0.682. The van der Waals surface area contributed by atoms with Crippen LogP contribution < -0.4 is 5.32 Å². The predicted octanol–water partition coefficient (Wildman–Crippen LogP) is 4.35. The van der Waals surface area contributed by atoms with Gasteiger partial charge in [-0.1, -0.05) is 41.7 Å². The van der Waals surface area contributed by atoms with E-state index in [1.54, 1.807) is 11.8 Å². The number of amides is 1. The van der Waals surface area contributed by atoms with Crippen LogP contribution in [0.2, 0.25) is 0 Å². The van der Waals surface area contributed by atoms with E-state index in [0.29, 0.717) is 10.8 Å². The van der Waals surface area contributed by atoms with Gasteiger partial charge in [0.25, 0.3) is 17.3 Å². The first-order valence-corrected chi connectivity index (χ1v) is 10.5. The van der Waals surface area contributed by atoms with E-state index >= 15 is 0 Å². The molecule has 0 aliphatic rings. The molecule has 0 atom stereocenters. The number of thioether (sulfide) groups is 1. The number of non-ortho nitro benzene ring substituents is 1. The average Bonchev–Trinajstić information content (AvgIpc) is 3.15. The zero-order chi connectivity index (χ0) is 21.7. The fraction of sp³-hybridized carbons (Fsp3) is 0.167. The molecule has 0 radical (unpaired) electrons. The third kappa shape index (κ3) is 5.15. The van der Waals surface area contributed by atoms with Crippen molar-refractivity contribution in [2.75, 3.05) is 5.32 Å². The first kappa shape index (κ1) is 21.3. The Kier molecular flexibility index (Phi) is 6.69. The van der Waals surface area contributed by atoms with Crippen molar-refractivity contribution in [2.24, 2.45) is 0 Å². The number of hydrogen-bond donors (Lipinski definition) is 1. The van der Waals surface area contributed by atoms with Gasteiger partial charge in [-0.05, 0) is 12.5 Å². The van der Waals surface area contributed by atoms with Crippen LogP contribution in [0.25, 0.3) is 0 Å². The Balaban J connectivity index is 1.69. The summed E-state index contributed by atoms with van der Waals surface area (Å²) in [7, 11) is 0. The molecule has 12 heteroatoms. The van der Waals surface area contributed by atoms with Gasteiger partial charge in [-0.15, -0.1) is 22.0 Å². The van der Waals surface area contributed by atoms with Crippen LogP contribution in [0.4, 0.5) is 16.5 Å². The molecule has 1 amide bonds. The summed E-state index contributed by atoms with van der Waals surface area (Å²) in [6.45, 7) is 1.36. The second-order valence-corrected chi connectivity index (χ2v) is 8.13. The first-order valence-electron chi connectivity index (χ1n) is 8.54. The minimum Gasteiger partial charge on any atom is -0.296 e. The number of aromatic nitrogens is 2. The fourth-order valence-corrected chi connectivity index (χ4v) is 4.35. The van der Waals surface area contributed by atoms with Crippen molar-refractivity contribution in [2.45, 2.75) is 18.4 Å². The average molecular weight is 445 g/mol. The number of nitrogens with one attached hydrogen (secondary N) is 1. The topological polar surface area (TPSA) is 141 Å². The van der Waals surface area contributed by atoms with Gasteiger partial charge in [-0.25, -0.2) is 0 Å². The SMILES string of the molecule is Cc1c(C(=O)Nc2nnc(CSCc3ccccc3)s2)cc([N+](=O)[O-])cc1[N+](=O)[O-]. The molecular formula is C18H15N5O5S2. The van der Waals surface area contributed by atoms with Crippen molar-refractivity contribution in [3.05, 3.63) is 84.4 Å². The molecule has 2 aromatic carbocycles. The van der Waals surface area contributed by atoms with Crippen molar-refractivity contribution >= 4 is 45.5 Å².